The molecule has 1 aromatic carbocycles. The molecule has 0 aliphatic rings. The molecule has 0 aliphatic heterocycles. The van der Waals surface area contributed by atoms with Crippen LogP contribution in [0, 0.1) is 6.92 Å². The molecule has 0 radical (unpaired) electrons. The standard InChI is InChI=1S/C12H15BrO/c1-10-6-7-12(13)9-11(10)5-3-4-8-14-2/h3,5-7,9H,4,8H2,1-2H3. The molecule has 0 N–H and O–H groups in total. The van der Waals surface area contributed by atoms with Gasteiger partial charge in [0.1, 0.15) is 0 Å². The van der Waals surface area contributed by atoms with Crippen molar-refractivity contribution in [3.63, 3.8) is 0 Å². The third-order valence-electron chi connectivity index (χ3n) is 2.03. The number of halogens is 1. The van der Waals surface area contributed by atoms with Gasteiger partial charge in [-0.2, -0.15) is 0 Å². The van der Waals surface area contributed by atoms with Crippen LogP contribution in [-0.4, -0.2) is 13.7 Å². The number of methoxy groups -OCH3 is 1. The molecule has 14 heavy (non-hydrogen) atoms. The van der Waals surface area contributed by atoms with Gasteiger partial charge in [-0.25, -0.2) is 0 Å². The summed E-state index contributed by atoms with van der Waals surface area (Å²) in [7, 11) is 1.72. The Morgan fingerprint density at radius 2 is 2.21 bits per heavy atom. The van der Waals surface area contributed by atoms with E-state index in [1.807, 2.05) is 0 Å². The predicted octanol–water partition coefficient (Wildman–Crippen LogP) is 3.81. The van der Waals surface area contributed by atoms with Gasteiger partial charge >= 0.3 is 0 Å². The monoisotopic (exact) mass is 254 g/mol. The summed E-state index contributed by atoms with van der Waals surface area (Å²) >= 11 is 3.46. The van der Waals surface area contributed by atoms with E-state index in [1.165, 1.54) is 11.1 Å². The SMILES string of the molecule is COCCC=Cc1cc(Br)ccc1C. The zero-order valence-electron chi connectivity index (χ0n) is 8.59. The average molecular weight is 255 g/mol. The third-order valence-corrected chi connectivity index (χ3v) is 2.52. The second-order valence-corrected chi connectivity index (χ2v) is 4.10. The minimum Gasteiger partial charge on any atom is -0.384 e. The van der Waals surface area contributed by atoms with Crippen LogP contribution in [0.25, 0.3) is 6.08 Å². The first-order chi connectivity index (χ1) is 6.74. The van der Waals surface area contributed by atoms with Gasteiger partial charge in [0.15, 0.2) is 0 Å². The number of rotatable bonds is 4. The molecule has 0 saturated carbocycles. The first kappa shape index (κ1) is 11.5. The second-order valence-electron chi connectivity index (χ2n) is 3.18. The Bertz CT molecular complexity index is 318. The van der Waals surface area contributed by atoms with E-state index in [-0.39, 0.29) is 0 Å². The first-order valence-electron chi connectivity index (χ1n) is 4.65. The average Bonchev–Trinajstić information content (AvgIpc) is 2.18. The smallest absolute Gasteiger partial charge is 0.0496 e. The Kier molecular flexibility index (Phi) is 4.91. The van der Waals surface area contributed by atoms with Crippen LogP contribution >= 0.6 is 15.9 Å². The van der Waals surface area contributed by atoms with E-state index in [0.717, 1.165) is 17.5 Å². The zero-order chi connectivity index (χ0) is 10.4. The Hall–Kier alpha value is -0.600. The van der Waals surface area contributed by atoms with Gasteiger partial charge in [0.2, 0.25) is 0 Å². The molecule has 0 amide bonds. The highest BCUT2D eigenvalue weighted by molar-refractivity contribution is 9.10. The fourth-order valence-electron chi connectivity index (χ4n) is 1.19. The Morgan fingerprint density at radius 3 is 2.93 bits per heavy atom. The summed E-state index contributed by atoms with van der Waals surface area (Å²) in [4.78, 5) is 0. The maximum absolute atomic E-state index is 4.97. The van der Waals surface area contributed by atoms with Crippen molar-refractivity contribution in [2.24, 2.45) is 0 Å². The van der Waals surface area contributed by atoms with Crippen molar-refractivity contribution in [2.75, 3.05) is 13.7 Å². The molecule has 0 aromatic heterocycles. The highest BCUT2D eigenvalue weighted by Gasteiger charge is 1.94. The van der Waals surface area contributed by atoms with Gasteiger partial charge in [0, 0.05) is 18.2 Å². The van der Waals surface area contributed by atoms with Crippen LogP contribution in [0.4, 0.5) is 0 Å². The van der Waals surface area contributed by atoms with Crippen LogP contribution in [-0.2, 0) is 4.74 Å². The summed E-state index contributed by atoms with van der Waals surface area (Å²) in [5.41, 5.74) is 2.55. The molecule has 0 bridgehead atoms. The predicted molar refractivity (Wildman–Crippen MR) is 64.4 cm³/mol. The van der Waals surface area contributed by atoms with Gasteiger partial charge in [0.25, 0.3) is 0 Å². The van der Waals surface area contributed by atoms with E-state index in [0.29, 0.717) is 0 Å². The zero-order valence-corrected chi connectivity index (χ0v) is 10.2. The summed E-state index contributed by atoms with van der Waals surface area (Å²) in [6.07, 6.45) is 5.24. The van der Waals surface area contributed by atoms with Crippen molar-refractivity contribution in [1.82, 2.24) is 0 Å². The number of benzene rings is 1. The van der Waals surface area contributed by atoms with Gasteiger partial charge in [-0.15, -0.1) is 0 Å². The van der Waals surface area contributed by atoms with E-state index >= 15 is 0 Å². The van der Waals surface area contributed by atoms with Crippen LogP contribution in [0.3, 0.4) is 0 Å². The van der Waals surface area contributed by atoms with Gasteiger partial charge < -0.3 is 4.74 Å². The maximum Gasteiger partial charge on any atom is 0.0496 e. The molecule has 2 heteroatoms. The summed E-state index contributed by atoms with van der Waals surface area (Å²) in [5.74, 6) is 0. The van der Waals surface area contributed by atoms with E-state index in [1.54, 1.807) is 7.11 Å². The molecule has 0 aliphatic carbocycles. The summed E-state index contributed by atoms with van der Waals surface area (Å²) < 4.78 is 6.09. The largest absolute Gasteiger partial charge is 0.384 e. The quantitative estimate of drug-likeness (QED) is 0.743. The lowest BCUT2D eigenvalue weighted by molar-refractivity contribution is 0.204. The second kappa shape index (κ2) is 5.99. The van der Waals surface area contributed by atoms with Crippen LogP contribution in [0.2, 0.25) is 0 Å². The Morgan fingerprint density at radius 1 is 1.43 bits per heavy atom. The molecule has 0 unspecified atom stereocenters. The summed E-state index contributed by atoms with van der Waals surface area (Å²) in [6.45, 7) is 2.89. The molecule has 0 heterocycles. The van der Waals surface area contributed by atoms with Crippen molar-refractivity contribution in [2.45, 2.75) is 13.3 Å². The third kappa shape index (κ3) is 3.64. The van der Waals surface area contributed by atoms with Gasteiger partial charge in [-0.05, 0) is 36.6 Å². The van der Waals surface area contributed by atoms with Crippen LogP contribution in [0.5, 0.6) is 0 Å². The maximum atomic E-state index is 4.97. The minimum absolute atomic E-state index is 0.781. The number of ether oxygens (including phenoxy) is 1. The lowest BCUT2D eigenvalue weighted by atomic mass is 10.1. The normalized spacial score (nSPS) is 11.1. The minimum atomic E-state index is 0.781. The molecule has 0 fully saturated rings. The van der Waals surface area contributed by atoms with E-state index in [4.69, 9.17) is 4.74 Å². The number of hydrogen-bond donors (Lipinski definition) is 0. The highest BCUT2D eigenvalue weighted by atomic mass is 79.9. The number of hydrogen-bond acceptors (Lipinski definition) is 1. The van der Waals surface area contributed by atoms with Gasteiger partial charge in [-0.3, -0.25) is 0 Å². The van der Waals surface area contributed by atoms with E-state index in [2.05, 4.69) is 53.2 Å². The topological polar surface area (TPSA) is 9.23 Å². The van der Waals surface area contributed by atoms with Gasteiger partial charge in [-0.1, -0.05) is 34.1 Å². The highest BCUT2D eigenvalue weighted by Crippen LogP contribution is 2.17. The fraction of sp³-hybridized carbons (Fsp3) is 0.333. The van der Waals surface area contributed by atoms with Crippen LogP contribution in [0.15, 0.2) is 28.7 Å². The molecule has 1 rings (SSSR count). The lowest BCUT2D eigenvalue weighted by Crippen LogP contribution is -1.84. The van der Waals surface area contributed by atoms with Crippen molar-refractivity contribution in [3.8, 4) is 0 Å². The molecule has 1 nitrogen and oxygen atoms in total. The molecular weight excluding hydrogens is 240 g/mol. The molecule has 1 aromatic rings. The van der Waals surface area contributed by atoms with E-state index < -0.39 is 0 Å². The van der Waals surface area contributed by atoms with Crippen molar-refractivity contribution >= 4 is 22.0 Å². The number of aryl methyl sites for hydroxylation is 1. The van der Waals surface area contributed by atoms with Crippen molar-refractivity contribution < 1.29 is 4.74 Å². The fourth-order valence-corrected chi connectivity index (χ4v) is 1.57. The molecule has 0 spiro atoms. The van der Waals surface area contributed by atoms with Crippen molar-refractivity contribution in [3.05, 3.63) is 39.9 Å². The Labute approximate surface area is 93.9 Å². The molecule has 0 atom stereocenters. The molecule has 0 saturated heterocycles. The summed E-state index contributed by atoms with van der Waals surface area (Å²) in [5, 5.41) is 0. The summed E-state index contributed by atoms with van der Waals surface area (Å²) in [6, 6.07) is 6.29. The lowest BCUT2D eigenvalue weighted by Gasteiger charge is -2.00. The first-order valence-corrected chi connectivity index (χ1v) is 5.45. The van der Waals surface area contributed by atoms with Crippen molar-refractivity contribution in [1.29, 1.82) is 0 Å². The van der Waals surface area contributed by atoms with Crippen LogP contribution < -0.4 is 0 Å². The Balaban J connectivity index is 2.65. The van der Waals surface area contributed by atoms with E-state index in [9.17, 15) is 0 Å². The van der Waals surface area contributed by atoms with Gasteiger partial charge in [0.05, 0.1) is 0 Å². The van der Waals surface area contributed by atoms with Crippen LogP contribution in [0.1, 0.15) is 17.5 Å². The molecular formula is C12H15BrO. The molecule has 76 valence electrons.